The van der Waals surface area contributed by atoms with Crippen LogP contribution in [0.15, 0.2) is 24.3 Å². The first kappa shape index (κ1) is 14.2. The van der Waals surface area contributed by atoms with Crippen molar-refractivity contribution in [2.75, 3.05) is 14.1 Å². The lowest BCUT2D eigenvalue weighted by molar-refractivity contribution is -0.145. The number of carbonyl (C=O) groups excluding carboxylic acids is 1. The molecule has 4 nitrogen and oxygen atoms in total. The van der Waals surface area contributed by atoms with Gasteiger partial charge in [0.1, 0.15) is 0 Å². The van der Waals surface area contributed by atoms with Gasteiger partial charge in [-0.3, -0.25) is 9.59 Å². The maximum absolute atomic E-state index is 11.6. The molecule has 0 fully saturated rings. The lowest BCUT2D eigenvalue weighted by Gasteiger charge is -2.15. The first-order valence-electron chi connectivity index (χ1n) is 5.88. The molecule has 1 atom stereocenters. The molecule has 1 unspecified atom stereocenters. The summed E-state index contributed by atoms with van der Waals surface area (Å²) in [7, 11) is 3.27. The van der Waals surface area contributed by atoms with Crippen LogP contribution in [0.2, 0.25) is 0 Å². The molecule has 0 heterocycles. The third-order valence-electron chi connectivity index (χ3n) is 2.83. The quantitative estimate of drug-likeness (QED) is 0.864. The smallest absolute Gasteiger partial charge is 0.307 e. The average molecular weight is 249 g/mol. The third kappa shape index (κ3) is 4.20. The number of carboxylic acid groups (broad SMARTS) is 1. The molecular formula is C14H19NO3. The van der Waals surface area contributed by atoms with Gasteiger partial charge in [-0.2, -0.15) is 0 Å². The predicted molar refractivity (Wildman–Crippen MR) is 69.3 cm³/mol. The maximum atomic E-state index is 11.6. The highest BCUT2D eigenvalue weighted by Gasteiger charge is 2.22. The van der Waals surface area contributed by atoms with E-state index in [9.17, 15) is 9.59 Å². The van der Waals surface area contributed by atoms with Crippen LogP contribution in [0.1, 0.15) is 17.5 Å². The Kier molecular flexibility index (Phi) is 4.89. The van der Waals surface area contributed by atoms with E-state index >= 15 is 0 Å². The van der Waals surface area contributed by atoms with Crippen LogP contribution < -0.4 is 0 Å². The Labute approximate surface area is 107 Å². The van der Waals surface area contributed by atoms with E-state index in [1.54, 1.807) is 14.1 Å². The molecule has 0 saturated carbocycles. The number of amides is 1. The molecule has 1 amide bonds. The van der Waals surface area contributed by atoms with E-state index in [0.29, 0.717) is 6.42 Å². The van der Waals surface area contributed by atoms with Gasteiger partial charge < -0.3 is 10.0 Å². The highest BCUT2D eigenvalue weighted by atomic mass is 16.4. The van der Waals surface area contributed by atoms with E-state index in [2.05, 4.69) is 0 Å². The molecule has 1 rings (SSSR count). The number of carboxylic acids is 1. The molecule has 1 N–H and O–H groups in total. The number of hydrogen-bond donors (Lipinski definition) is 1. The fourth-order valence-electron chi connectivity index (χ4n) is 1.76. The first-order chi connectivity index (χ1) is 8.40. The molecule has 0 saturated heterocycles. The molecule has 0 aromatic heterocycles. The van der Waals surface area contributed by atoms with Gasteiger partial charge in [-0.1, -0.05) is 29.8 Å². The van der Waals surface area contributed by atoms with Gasteiger partial charge in [0.2, 0.25) is 5.91 Å². The molecular weight excluding hydrogens is 230 g/mol. The summed E-state index contributed by atoms with van der Waals surface area (Å²) in [5, 5.41) is 9.16. The summed E-state index contributed by atoms with van der Waals surface area (Å²) in [5.74, 6) is -1.75. The van der Waals surface area contributed by atoms with Gasteiger partial charge in [0.15, 0.2) is 0 Å². The van der Waals surface area contributed by atoms with E-state index < -0.39 is 11.9 Å². The molecule has 1 aromatic carbocycles. The van der Waals surface area contributed by atoms with Gasteiger partial charge in [-0.15, -0.1) is 0 Å². The molecule has 0 bridgehead atoms. The second kappa shape index (κ2) is 6.19. The summed E-state index contributed by atoms with van der Waals surface area (Å²) in [4.78, 5) is 24.2. The summed E-state index contributed by atoms with van der Waals surface area (Å²) in [6, 6.07) is 7.71. The van der Waals surface area contributed by atoms with Gasteiger partial charge in [-0.05, 0) is 18.9 Å². The molecule has 4 heteroatoms. The van der Waals surface area contributed by atoms with Crippen LogP contribution in [-0.4, -0.2) is 36.0 Å². The zero-order valence-corrected chi connectivity index (χ0v) is 11.0. The summed E-state index contributed by atoms with van der Waals surface area (Å²) in [6.45, 7) is 1.96. The van der Waals surface area contributed by atoms with E-state index in [0.717, 1.165) is 11.1 Å². The number of benzene rings is 1. The Hall–Kier alpha value is -1.84. The minimum Gasteiger partial charge on any atom is -0.481 e. The number of carbonyl (C=O) groups is 2. The van der Waals surface area contributed by atoms with Crippen LogP contribution in [0.3, 0.4) is 0 Å². The van der Waals surface area contributed by atoms with Crippen molar-refractivity contribution in [2.45, 2.75) is 19.8 Å². The van der Waals surface area contributed by atoms with Gasteiger partial charge >= 0.3 is 5.97 Å². The average Bonchev–Trinajstić information content (AvgIpc) is 2.27. The highest BCUT2D eigenvalue weighted by molar-refractivity contribution is 5.82. The molecule has 0 aliphatic heterocycles. The van der Waals surface area contributed by atoms with Crippen LogP contribution in [0.25, 0.3) is 0 Å². The molecule has 18 heavy (non-hydrogen) atoms. The molecule has 0 aliphatic rings. The van der Waals surface area contributed by atoms with Crippen molar-refractivity contribution in [1.29, 1.82) is 0 Å². The summed E-state index contributed by atoms with van der Waals surface area (Å²) in [5.41, 5.74) is 2.05. The van der Waals surface area contributed by atoms with Crippen molar-refractivity contribution < 1.29 is 14.7 Å². The lowest BCUT2D eigenvalue weighted by Crippen LogP contribution is -2.28. The zero-order valence-electron chi connectivity index (χ0n) is 11.0. The second-order valence-corrected chi connectivity index (χ2v) is 4.72. The highest BCUT2D eigenvalue weighted by Crippen LogP contribution is 2.15. The standard InChI is InChI=1S/C14H19NO3/c1-10-5-4-6-11(7-10)8-12(14(17)18)9-13(16)15(2)3/h4-7,12H,8-9H2,1-3H3,(H,17,18). The minimum atomic E-state index is -0.924. The van der Waals surface area contributed by atoms with Gasteiger partial charge in [-0.25, -0.2) is 0 Å². The van der Waals surface area contributed by atoms with Crippen LogP contribution in [0.4, 0.5) is 0 Å². The van der Waals surface area contributed by atoms with E-state index in [1.807, 2.05) is 31.2 Å². The van der Waals surface area contributed by atoms with E-state index in [1.165, 1.54) is 4.90 Å². The minimum absolute atomic E-state index is 0.0380. The topological polar surface area (TPSA) is 57.6 Å². The Morgan fingerprint density at radius 3 is 2.50 bits per heavy atom. The van der Waals surface area contributed by atoms with Crippen molar-refractivity contribution >= 4 is 11.9 Å². The number of nitrogens with zero attached hydrogens (tertiary/aromatic N) is 1. The Morgan fingerprint density at radius 2 is 2.00 bits per heavy atom. The van der Waals surface area contributed by atoms with Crippen LogP contribution in [0, 0.1) is 12.8 Å². The van der Waals surface area contributed by atoms with Crippen LogP contribution in [0.5, 0.6) is 0 Å². The monoisotopic (exact) mass is 249 g/mol. The lowest BCUT2D eigenvalue weighted by atomic mass is 9.95. The van der Waals surface area contributed by atoms with Crippen LogP contribution >= 0.6 is 0 Å². The maximum Gasteiger partial charge on any atom is 0.307 e. The van der Waals surface area contributed by atoms with Crippen LogP contribution in [-0.2, 0) is 16.0 Å². The largest absolute Gasteiger partial charge is 0.481 e. The fourth-order valence-corrected chi connectivity index (χ4v) is 1.76. The molecule has 0 spiro atoms. The molecule has 1 aromatic rings. The summed E-state index contributed by atoms with van der Waals surface area (Å²) < 4.78 is 0. The third-order valence-corrected chi connectivity index (χ3v) is 2.83. The van der Waals surface area contributed by atoms with Crippen molar-refractivity contribution in [3.63, 3.8) is 0 Å². The zero-order chi connectivity index (χ0) is 13.7. The predicted octanol–water partition coefficient (Wildman–Crippen LogP) is 1.72. The van der Waals surface area contributed by atoms with Gasteiger partial charge in [0.25, 0.3) is 0 Å². The molecule has 0 radical (unpaired) electrons. The van der Waals surface area contributed by atoms with Crippen molar-refractivity contribution in [1.82, 2.24) is 4.90 Å². The van der Waals surface area contributed by atoms with Gasteiger partial charge in [0.05, 0.1) is 5.92 Å². The Balaban J connectivity index is 2.75. The van der Waals surface area contributed by atoms with Crippen molar-refractivity contribution in [3.8, 4) is 0 Å². The summed E-state index contributed by atoms with van der Waals surface area (Å²) in [6.07, 6.45) is 0.423. The molecule has 0 aliphatic carbocycles. The Bertz CT molecular complexity index is 440. The number of rotatable bonds is 5. The summed E-state index contributed by atoms with van der Waals surface area (Å²) >= 11 is 0. The van der Waals surface area contributed by atoms with Gasteiger partial charge in [0, 0.05) is 20.5 Å². The first-order valence-corrected chi connectivity index (χ1v) is 5.88. The SMILES string of the molecule is Cc1cccc(CC(CC(=O)N(C)C)C(=O)O)c1. The fraction of sp³-hybridized carbons (Fsp3) is 0.429. The van der Waals surface area contributed by atoms with E-state index in [4.69, 9.17) is 5.11 Å². The molecule has 98 valence electrons. The van der Waals surface area contributed by atoms with E-state index in [-0.39, 0.29) is 12.3 Å². The van der Waals surface area contributed by atoms with Crippen molar-refractivity contribution in [2.24, 2.45) is 5.92 Å². The second-order valence-electron chi connectivity index (χ2n) is 4.72. The van der Waals surface area contributed by atoms with Crippen molar-refractivity contribution in [3.05, 3.63) is 35.4 Å². The number of hydrogen-bond acceptors (Lipinski definition) is 2. The number of aliphatic carboxylic acids is 1. The normalized spacial score (nSPS) is 11.9. The Morgan fingerprint density at radius 1 is 1.33 bits per heavy atom. The number of aryl methyl sites for hydroxylation is 1.